The van der Waals surface area contributed by atoms with Crippen LogP contribution in [0.25, 0.3) is 0 Å². The molecule has 2 aliphatic heterocycles. The number of ether oxygens (including phenoxy) is 3. The number of likely N-dealkylation sites (tertiary alicyclic amines) is 2. The fourth-order valence-electron chi connectivity index (χ4n) is 5.61. The number of carbonyl (C=O) groups is 3. The molecule has 218 valence electrons. The Hall–Kier alpha value is -1.87. The number of hydrogen-bond donors (Lipinski definition) is 1. The Kier molecular flexibility index (Phi) is 11.3. The van der Waals surface area contributed by atoms with E-state index in [1.807, 2.05) is 44.4 Å². The highest BCUT2D eigenvalue weighted by Gasteiger charge is 2.44. The number of hydrogen-bond acceptors (Lipinski definition) is 7. The van der Waals surface area contributed by atoms with Crippen molar-refractivity contribution in [1.82, 2.24) is 15.1 Å². The van der Waals surface area contributed by atoms with Crippen molar-refractivity contribution in [3.05, 3.63) is 0 Å². The fraction of sp³-hybridized carbons (Fsp3) is 0.897. The monoisotopic (exact) mass is 537 g/mol. The summed E-state index contributed by atoms with van der Waals surface area (Å²) in [5.74, 6) is 2.00. The van der Waals surface area contributed by atoms with Crippen LogP contribution in [0.4, 0.5) is 9.59 Å². The van der Waals surface area contributed by atoms with Crippen LogP contribution in [0.15, 0.2) is 0 Å². The highest BCUT2D eigenvalue weighted by molar-refractivity contribution is 5.68. The van der Waals surface area contributed by atoms with Gasteiger partial charge < -0.3 is 28.8 Å². The number of nitrogens with zero attached hydrogens (tertiary/aromatic N) is 2. The highest BCUT2D eigenvalue weighted by Crippen LogP contribution is 2.46. The molecule has 2 heterocycles. The van der Waals surface area contributed by atoms with Crippen molar-refractivity contribution in [1.29, 1.82) is 0 Å². The maximum Gasteiger partial charge on any atom is 0.410 e. The van der Waals surface area contributed by atoms with E-state index in [1.165, 1.54) is 0 Å². The first-order valence-electron chi connectivity index (χ1n) is 14.7. The molecule has 1 N–H and O–H groups in total. The van der Waals surface area contributed by atoms with Crippen molar-refractivity contribution in [3.8, 4) is 0 Å². The minimum absolute atomic E-state index is 0.202. The molecule has 2 saturated heterocycles. The lowest BCUT2D eigenvalue weighted by atomic mass is 9.91. The smallest absolute Gasteiger partial charge is 0.410 e. The molecule has 38 heavy (non-hydrogen) atoms. The van der Waals surface area contributed by atoms with Gasteiger partial charge in [-0.05, 0) is 104 Å². The van der Waals surface area contributed by atoms with E-state index in [4.69, 9.17) is 14.2 Å². The first-order valence-corrected chi connectivity index (χ1v) is 14.7. The van der Waals surface area contributed by atoms with Gasteiger partial charge in [0.2, 0.25) is 0 Å². The lowest BCUT2D eigenvalue weighted by Gasteiger charge is -2.34. The van der Waals surface area contributed by atoms with Crippen molar-refractivity contribution in [2.75, 3.05) is 46.1 Å². The molecule has 0 aromatic heterocycles. The number of piperidine rings is 2. The molecule has 2 amide bonds. The maximum absolute atomic E-state index is 12.6. The van der Waals surface area contributed by atoms with Crippen LogP contribution in [0.1, 0.15) is 86.0 Å². The van der Waals surface area contributed by atoms with E-state index in [0.29, 0.717) is 44.1 Å². The summed E-state index contributed by atoms with van der Waals surface area (Å²) >= 11 is 0. The van der Waals surface area contributed by atoms with Gasteiger partial charge in [0.15, 0.2) is 0 Å². The molecule has 0 aromatic carbocycles. The number of carbonyl (C=O) groups excluding carboxylic acids is 3. The Bertz CT molecular complexity index is 767. The predicted octanol–water partition coefficient (Wildman–Crippen LogP) is 4.83. The average molecular weight is 538 g/mol. The van der Waals surface area contributed by atoms with Gasteiger partial charge in [-0.1, -0.05) is 0 Å². The zero-order chi connectivity index (χ0) is 27.8. The standard InChI is InChI=1S/C29H51N3O6/c1-28(2,3)37-26(34)31-14-8-22(9-15-31)7-6-18-36-21-30-13-12-29(4,5)38-27(35)32-16-10-23(11-17-32)25-19-24(25)20-33/h20,22-25,30H,6-19,21H2,1-5H3. The van der Waals surface area contributed by atoms with Crippen molar-refractivity contribution in [3.63, 3.8) is 0 Å². The molecule has 1 aliphatic carbocycles. The van der Waals surface area contributed by atoms with Crippen LogP contribution >= 0.6 is 0 Å². The molecule has 3 fully saturated rings. The zero-order valence-electron chi connectivity index (χ0n) is 24.3. The van der Waals surface area contributed by atoms with Crippen LogP contribution in [0.5, 0.6) is 0 Å². The molecule has 9 heteroatoms. The van der Waals surface area contributed by atoms with E-state index in [-0.39, 0.29) is 18.1 Å². The van der Waals surface area contributed by atoms with Crippen LogP contribution in [-0.4, -0.2) is 85.5 Å². The molecule has 0 aromatic rings. The summed E-state index contributed by atoms with van der Waals surface area (Å²) in [6, 6.07) is 0. The molecule has 2 unspecified atom stereocenters. The molecule has 3 aliphatic rings. The van der Waals surface area contributed by atoms with Crippen LogP contribution in [0.3, 0.4) is 0 Å². The van der Waals surface area contributed by atoms with Gasteiger partial charge in [0.25, 0.3) is 0 Å². The van der Waals surface area contributed by atoms with Gasteiger partial charge >= 0.3 is 12.2 Å². The fourth-order valence-corrected chi connectivity index (χ4v) is 5.61. The third-order valence-corrected chi connectivity index (χ3v) is 8.11. The minimum atomic E-state index is -0.547. The van der Waals surface area contributed by atoms with Crippen LogP contribution in [0, 0.1) is 23.7 Å². The Morgan fingerprint density at radius 1 is 0.921 bits per heavy atom. The van der Waals surface area contributed by atoms with Gasteiger partial charge in [-0.3, -0.25) is 5.32 Å². The quantitative estimate of drug-likeness (QED) is 0.216. The topological polar surface area (TPSA) is 97.4 Å². The van der Waals surface area contributed by atoms with Crippen molar-refractivity contribution in [2.45, 2.75) is 97.2 Å². The van der Waals surface area contributed by atoms with Gasteiger partial charge in [0.05, 0.1) is 6.73 Å². The van der Waals surface area contributed by atoms with Gasteiger partial charge in [-0.25, -0.2) is 9.59 Å². The average Bonchev–Trinajstić information content (AvgIpc) is 3.65. The summed E-state index contributed by atoms with van der Waals surface area (Å²) in [5, 5.41) is 3.29. The molecule has 1 saturated carbocycles. The highest BCUT2D eigenvalue weighted by atomic mass is 16.6. The van der Waals surface area contributed by atoms with E-state index >= 15 is 0 Å². The van der Waals surface area contributed by atoms with Gasteiger partial charge in [0.1, 0.15) is 17.5 Å². The lowest BCUT2D eigenvalue weighted by Crippen LogP contribution is -2.43. The minimum Gasteiger partial charge on any atom is -0.444 e. The van der Waals surface area contributed by atoms with Crippen molar-refractivity contribution >= 4 is 18.5 Å². The van der Waals surface area contributed by atoms with E-state index in [0.717, 1.165) is 77.4 Å². The third-order valence-electron chi connectivity index (χ3n) is 8.11. The zero-order valence-corrected chi connectivity index (χ0v) is 24.3. The SMILES string of the molecule is CC(C)(C)OC(=O)N1CCC(CCCOCNCCC(C)(C)OC(=O)N2CCC(C3CC3C=O)CC2)CC1. The van der Waals surface area contributed by atoms with Crippen molar-refractivity contribution in [2.24, 2.45) is 23.7 Å². The van der Waals surface area contributed by atoms with Crippen molar-refractivity contribution < 1.29 is 28.6 Å². The first-order chi connectivity index (χ1) is 18.0. The molecule has 0 spiro atoms. The van der Waals surface area contributed by atoms with E-state index in [1.54, 1.807) is 0 Å². The second-order valence-electron chi connectivity index (χ2n) is 13.0. The molecule has 2 atom stereocenters. The van der Waals surface area contributed by atoms with Crippen LogP contribution < -0.4 is 5.32 Å². The van der Waals surface area contributed by atoms with E-state index in [2.05, 4.69) is 5.32 Å². The molecule has 0 bridgehead atoms. The molecule has 3 rings (SSSR count). The number of amides is 2. The Morgan fingerprint density at radius 3 is 2.11 bits per heavy atom. The number of aldehydes is 1. The summed E-state index contributed by atoms with van der Waals surface area (Å²) in [5.41, 5.74) is -0.995. The second kappa shape index (κ2) is 14.0. The predicted molar refractivity (Wildman–Crippen MR) is 146 cm³/mol. The van der Waals surface area contributed by atoms with E-state index < -0.39 is 11.2 Å². The van der Waals surface area contributed by atoms with Crippen LogP contribution in [-0.2, 0) is 19.0 Å². The largest absolute Gasteiger partial charge is 0.444 e. The molecular formula is C29H51N3O6. The maximum atomic E-state index is 12.6. The summed E-state index contributed by atoms with van der Waals surface area (Å²) in [6.07, 6.45) is 8.48. The van der Waals surface area contributed by atoms with E-state index in [9.17, 15) is 14.4 Å². The van der Waals surface area contributed by atoms with Gasteiger partial charge in [-0.15, -0.1) is 0 Å². The third kappa shape index (κ3) is 10.4. The molecule has 9 nitrogen and oxygen atoms in total. The van der Waals surface area contributed by atoms with Gasteiger partial charge in [0, 0.05) is 45.2 Å². The summed E-state index contributed by atoms with van der Waals surface area (Å²) in [4.78, 5) is 39.4. The lowest BCUT2D eigenvalue weighted by molar-refractivity contribution is -0.109. The molecule has 0 radical (unpaired) electrons. The second-order valence-corrected chi connectivity index (χ2v) is 13.0. The summed E-state index contributed by atoms with van der Waals surface area (Å²) < 4.78 is 17.0. The summed E-state index contributed by atoms with van der Waals surface area (Å²) in [6.45, 7) is 14.5. The summed E-state index contributed by atoms with van der Waals surface area (Å²) in [7, 11) is 0. The van der Waals surface area contributed by atoms with Gasteiger partial charge in [-0.2, -0.15) is 0 Å². The normalized spacial score (nSPS) is 23.3. The Balaban J connectivity index is 1.17. The molecular weight excluding hydrogens is 486 g/mol. The Labute approximate surface area is 229 Å². The number of rotatable bonds is 12. The van der Waals surface area contributed by atoms with Crippen LogP contribution in [0.2, 0.25) is 0 Å². The Morgan fingerprint density at radius 2 is 1.53 bits per heavy atom. The first kappa shape index (κ1) is 30.7. The number of nitrogens with one attached hydrogen (secondary N) is 1.